The van der Waals surface area contributed by atoms with Gasteiger partial charge in [-0.05, 0) is 56.5 Å². The minimum absolute atomic E-state index is 0.00679. The average Bonchev–Trinajstić information content (AvgIpc) is 3.45. The maximum Gasteiger partial charge on any atom is 0.251 e. The summed E-state index contributed by atoms with van der Waals surface area (Å²) in [6, 6.07) is 7.22. The van der Waals surface area contributed by atoms with Crippen LogP contribution in [0, 0.1) is 5.92 Å². The number of nitrogens with one attached hydrogen (secondary N) is 3. The number of amides is 3. The molecule has 1 aliphatic heterocycles. The van der Waals surface area contributed by atoms with Gasteiger partial charge in [0.05, 0.1) is 6.54 Å². The Morgan fingerprint density at radius 2 is 1.59 bits per heavy atom. The van der Waals surface area contributed by atoms with E-state index < -0.39 is 0 Å². The van der Waals surface area contributed by atoms with Crippen LogP contribution in [0.2, 0.25) is 0 Å². The Kier molecular flexibility index (Phi) is 8.04. The molecule has 29 heavy (non-hydrogen) atoms. The van der Waals surface area contributed by atoms with Crippen LogP contribution in [0.25, 0.3) is 0 Å². The molecule has 0 unspecified atom stereocenters. The van der Waals surface area contributed by atoms with Gasteiger partial charge in [0.2, 0.25) is 11.8 Å². The van der Waals surface area contributed by atoms with Gasteiger partial charge in [0, 0.05) is 31.1 Å². The molecule has 2 fully saturated rings. The zero-order valence-corrected chi connectivity index (χ0v) is 17.0. The number of hydrogen-bond donors (Lipinski definition) is 3. The second-order valence-corrected chi connectivity index (χ2v) is 7.98. The third-order valence-electron chi connectivity index (χ3n) is 5.77. The first kappa shape index (κ1) is 21.3. The van der Waals surface area contributed by atoms with Crippen molar-refractivity contribution >= 4 is 17.7 Å². The number of likely N-dealkylation sites (tertiary alicyclic amines) is 1. The monoisotopic (exact) mass is 400 g/mol. The van der Waals surface area contributed by atoms with E-state index in [9.17, 15) is 14.4 Å². The van der Waals surface area contributed by atoms with Crippen molar-refractivity contribution in [2.24, 2.45) is 5.92 Å². The number of carbonyl (C=O) groups is 3. The van der Waals surface area contributed by atoms with Crippen molar-refractivity contribution in [3.63, 3.8) is 0 Å². The number of rotatable bonds is 9. The third kappa shape index (κ3) is 6.85. The summed E-state index contributed by atoms with van der Waals surface area (Å²) in [5.41, 5.74) is 1.53. The number of nitrogens with zero attached hydrogens (tertiary/aromatic N) is 1. The maximum absolute atomic E-state index is 12.2. The smallest absolute Gasteiger partial charge is 0.251 e. The molecule has 3 rings (SSSR count). The highest BCUT2D eigenvalue weighted by atomic mass is 16.2. The fourth-order valence-electron chi connectivity index (χ4n) is 3.97. The minimum atomic E-state index is -0.208. The van der Waals surface area contributed by atoms with E-state index in [2.05, 4.69) is 20.9 Å². The molecule has 2 aliphatic rings. The normalized spacial score (nSPS) is 17.2. The van der Waals surface area contributed by atoms with E-state index in [0.717, 1.165) is 50.9 Å². The molecular weight excluding hydrogens is 368 g/mol. The third-order valence-corrected chi connectivity index (χ3v) is 5.77. The predicted octanol–water partition coefficient (Wildman–Crippen LogP) is 1.43. The van der Waals surface area contributed by atoms with Crippen molar-refractivity contribution in [2.45, 2.75) is 45.1 Å². The molecule has 7 nitrogen and oxygen atoms in total. The van der Waals surface area contributed by atoms with Crippen molar-refractivity contribution in [3.8, 4) is 0 Å². The lowest BCUT2D eigenvalue weighted by Crippen LogP contribution is -2.38. The van der Waals surface area contributed by atoms with Crippen LogP contribution in [-0.2, 0) is 16.1 Å². The van der Waals surface area contributed by atoms with E-state index in [-0.39, 0.29) is 30.2 Å². The van der Waals surface area contributed by atoms with Gasteiger partial charge in [0.1, 0.15) is 0 Å². The quantitative estimate of drug-likeness (QED) is 0.585. The van der Waals surface area contributed by atoms with Crippen molar-refractivity contribution < 1.29 is 14.4 Å². The molecule has 0 atom stereocenters. The molecule has 1 aromatic carbocycles. The van der Waals surface area contributed by atoms with E-state index in [1.807, 2.05) is 12.1 Å². The van der Waals surface area contributed by atoms with Crippen LogP contribution in [0.5, 0.6) is 0 Å². The molecule has 1 saturated carbocycles. The maximum atomic E-state index is 12.2. The second-order valence-electron chi connectivity index (χ2n) is 7.98. The summed E-state index contributed by atoms with van der Waals surface area (Å²) in [5, 5.41) is 8.47. The molecule has 3 amide bonds. The molecule has 0 aromatic heterocycles. The Balaban J connectivity index is 1.33. The lowest BCUT2D eigenvalue weighted by atomic mass is 10.1. The first-order valence-corrected chi connectivity index (χ1v) is 10.8. The van der Waals surface area contributed by atoms with E-state index in [1.165, 1.54) is 12.8 Å². The Morgan fingerprint density at radius 3 is 2.28 bits per heavy atom. The van der Waals surface area contributed by atoms with Gasteiger partial charge in [0.15, 0.2) is 0 Å². The standard InChI is InChI=1S/C22H32N4O3/c27-20(16-25-22(29)18-5-1-2-6-18)24-15-17-7-9-19(10-8-17)21(28)23-11-14-26-12-3-4-13-26/h7-10,18H,1-6,11-16H2,(H,23,28)(H,24,27)(H,25,29). The largest absolute Gasteiger partial charge is 0.351 e. The van der Waals surface area contributed by atoms with E-state index in [1.54, 1.807) is 12.1 Å². The van der Waals surface area contributed by atoms with E-state index >= 15 is 0 Å². The summed E-state index contributed by atoms with van der Waals surface area (Å²) >= 11 is 0. The lowest BCUT2D eigenvalue weighted by molar-refractivity contribution is -0.128. The molecule has 1 saturated heterocycles. The molecule has 158 valence electrons. The molecule has 3 N–H and O–H groups in total. The second kappa shape index (κ2) is 11.0. The Hall–Kier alpha value is -2.41. The molecule has 1 heterocycles. The average molecular weight is 401 g/mol. The highest BCUT2D eigenvalue weighted by Gasteiger charge is 2.22. The van der Waals surface area contributed by atoms with Gasteiger partial charge < -0.3 is 20.9 Å². The van der Waals surface area contributed by atoms with Crippen LogP contribution >= 0.6 is 0 Å². The van der Waals surface area contributed by atoms with Crippen molar-refractivity contribution in [1.29, 1.82) is 0 Å². The SMILES string of the molecule is O=C(CNC(=O)C1CCCC1)NCc1ccc(C(=O)NCCN2CCCC2)cc1. The first-order valence-electron chi connectivity index (χ1n) is 10.8. The molecular formula is C22H32N4O3. The highest BCUT2D eigenvalue weighted by molar-refractivity contribution is 5.94. The summed E-state index contributed by atoms with van der Waals surface area (Å²) in [4.78, 5) is 38.5. The van der Waals surface area contributed by atoms with Crippen LogP contribution < -0.4 is 16.0 Å². The summed E-state index contributed by atoms with van der Waals surface area (Å²) in [6.45, 7) is 4.18. The van der Waals surface area contributed by atoms with Crippen molar-refractivity contribution in [3.05, 3.63) is 35.4 Å². The summed E-state index contributed by atoms with van der Waals surface area (Å²) in [5.74, 6) is -0.232. The predicted molar refractivity (Wildman–Crippen MR) is 111 cm³/mol. The fraction of sp³-hybridized carbons (Fsp3) is 0.591. The van der Waals surface area contributed by atoms with Crippen molar-refractivity contribution in [1.82, 2.24) is 20.9 Å². The summed E-state index contributed by atoms with van der Waals surface area (Å²) < 4.78 is 0. The molecule has 1 aromatic rings. The molecule has 0 spiro atoms. The van der Waals surface area contributed by atoms with Gasteiger partial charge in [-0.25, -0.2) is 0 Å². The topological polar surface area (TPSA) is 90.5 Å². The van der Waals surface area contributed by atoms with Crippen LogP contribution in [0.4, 0.5) is 0 Å². The molecule has 7 heteroatoms. The Labute approximate surface area is 172 Å². The molecule has 0 radical (unpaired) electrons. The van der Waals surface area contributed by atoms with Gasteiger partial charge in [0.25, 0.3) is 5.91 Å². The highest BCUT2D eigenvalue weighted by Crippen LogP contribution is 2.24. The van der Waals surface area contributed by atoms with E-state index in [4.69, 9.17) is 0 Å². The lowest BCUT2D eigenvalue weighted by Gasteiger charge is -2.14. The zero-order chi connectivity index (χ0) is 20.5. The van der Waals surface area contributed by atoms with Crippen LogP contribution in [0.15, 0.2) is 24.3 Å². The van der Waals surface area contributed by atoms with Crippen LogP contribution in [0.3, 0.4) is 0 Å². The van der Waals surface area contributed by atoms with Crippen molar-refractivity contribution in [2.75, 3.05) is 32.7 Å². The van der Waals surface area contributed by atoms with Crippen LogP contribution in [0.1, 0.15) is 54.4 Å². The number of hydrogen-bond acceptors (Lipinski definition) is 4. The molecule has 0 bridgehead atoms. The first-order chi connectivity index (χ1) is 14.1. The summed E-state index contributed by atoms with van der Waals surface area (Å²) in [7, 11) is 0. The van der Waals surface area contributed by atoms with E-state index in [0.29, 0.717) is 18.7 Å². The number of benzene rings is 1. The van der Waals surface area contributed by atoms with Gasteiger partial charge in [-0.2, -0.15) is 0 Å². The van der Waals surface area contributed by atoms with Gasteiger partial charge in [-0.15, -0.1) is 0 Å². The fourth-order valence-corrected chi connectivity index (χ4v) is 3.97. The Morgan fingerprint density at radius 1 is 0.897 bits per heavy atom. The summed E-state index contributed by atoms with van der Waals surface area (Å²) in [6.07, 6.45) is 6.53. The van der Waals surface area contributed by atoms with Gasteiger partial charge >= 0.3 is 0 Å². The van der Waals surface area contributed by atoms with Gasteiger partial charge in [-0.1, -0.05) is 25.0 Å². The minimum Gasteiger partial charge on any atom is -0.351 e. The Bertz CT molecular complexity index is 693. The van der Waals surface area contributed by atoms with Crippen LogP contribution in [-0.4, -0.2) is 55.3 Å². The number of carbonyl (C=O) groups excluding carboxylic acids is 3. The molecule has 1 aliphatic carbocycles. The zero-order valence-electron chi connectivity index (χ0n) is 17.0. The van der Waals surface area contributed by atoms with Gasteiger partial charge in [-0.3, -0.25) is 14.4 Å².